The number of aromatic nitrogens is 2. The largest absolute Gasteiger partial charge is 0.339 e. The first-order valence-electron chi connectivity index (χ1n) is 4.59. The third-order valence-electron chi connectivity index (χ3n) is 1.94. The van der Waals surface area contributed by atoms with Crippen molar-refractivity contribution in [3.05, 3.63) is 34.6 Å². The van der Waals surface area contributed by atoms with Gasteiger partial charge in [0.05, 0.1) is 0 Å². The minimum Gasteiger partial charge on any atom is -0.339 e. The number of hydrogen-bond acceptors (Lipinski definition) is 4. The van der Waals surface area contributed by atoms with Gasteiger partial charge < -0.3 is 10.3 Å². The van der Waals surface area contributed by atoms with Gasteiger partial charge in [-0.1, -0.05) is 33.2 Å². The molecule has 0 saturated heterocycles. The van der Waals surface area contributed by atoms with Crippen LogP contribution in [0.4, 0.5) is 0 Å². The van der Waals surface area contributed by atoms with Crippen LogP contribution in [0.15, 0.2) is 33.3 Å². The number of hydrogen-bond donors (Lipinski definition) is 1. The van der Waals surface area contributed by atoms with Crippen molar-refractivity contribution in [2.24, 2.45) is 5.73 Å². The van der Waals surface area contributed by atoms with Crippen LogP contribution in [0, 0.1) is 0 Å². The maximum absolute atomic E-state index is 5.40. The van der Waals surface area contributed by atoms with E-state index in [0.717, 1.165) is 10.0 Å². The predicted octanol–water partition coefficient (Wildman–Crippen LogP) is 2.42. The number of halogens is 2. The zero-order valence-electron chi connectivity index (χ0n) is 8.39. The molecule has 6 heteroatoms. The molecular weight excluding hydrogens is 293 g/mol. The van der Waals surface area contributed by atoms with E-state index >= 15 is 0 Å². The number of nitrogens with two attached hydrogens (primary N) is 1. The lowest BCUT2D eigenvalue weighted by Crippen LogP contribution is -2.02. The van der Waals surface area contributed by atoms with Crippen molar-refractivity contribution in [1.82, 2.24) is 10.1 Å². The normalized spacial score (nSPS) is 9.88. The lowest BCUT2D eigenvalue weighted by atomic mass is 10.2. The first kappa shape index (κ1) is 13.2. The molecule has 86 valence electrons. The lowest BCUT2D eigenvalue weighted by molar-refractivity contribution is 0.380. The Morgan fingerprint density at radius 1 is 1.31 bits per heavy atom. The van der Waals surface area contributed by atoms with Crippen LogP contribution in [-0.4, -0.2) is 16.7 Å². The average molecular weight is 305 g/mol. The Kier molecular flexibility index (Phi) is 4.92. The molecule has 0 radical (unpaired) electrons. The van der Waals surface area contributed by atoms with Crippen LogP contribution in [0.5, 0.6) is 0 Å². The predicted molar refractivity (Wildman–Crippen MR) is 67.4 cm³/mol. The highest BCUT2D eigenvalue weighted by Gasteiger charge is 2.09. The fourth-order valence-corrected chi connectivity index (χ4v) is 1.69. The Labute approximate surface area is 108 Å². The molecular formula is C10H11BrClN3O. The maximum Gasteiger partial charge on any atom is 0.228 e. The van der Waals surface area contributed by atoms with E-state index in [1.165, 1.54) is 0 Å². The van der Waals surface area contributed by atoms with Gasteiger partial charge in [-0.15, -0.1) is 12.4 Å². The molecule has 0 amide bonds. The van der Waals surface area contributed by atoms with Gasteiger partial charge in [-0.25, -0.2) is 0 Å². The molecule has 0 fully saturated rings. The molecule has 0 aliphatic rings. The molecule has 0 spiro atoms. The standard InChI is InChI=1S/C10H10BrN3O.ClH/c11-8-4-2-1-3-7(8)10-13-9(5-6-12)15-14-10;/h1-4H,5-6,12H2;1H. The molecule has 4 nitrogen and oxygen atoms in total. The molecule has 0 aliphatic carbocycles. The zero-order chi connectivity index (χ0) is 10.7. The molecule has 2 rings (SSSR count). The summed E-state index contributed by atoms with van der Waals surface area (Å²) >= 11 is 3.43. The second-order valence-corrected chi connectivity index (χ2v) is 3.88. The topological polar surface area (TPSA) is 64.9 Å². The van der Waals surface area contributed by atoms with E-state index < -0.39 is 0 Å². The van der Waals surface area contributed by atoms with Crippen LogP contribution in [0.1, 0.15) is 5.89 Å². The van der Waals surface area contributed by atoms with Gasteiger partial charge >= 0.3 is 0 Å². The van der Waals surface area contributed by atoms with E-state index in [1.807, 2.05) is 24.3 Å². The molecule has 2 aromatic rings. The molecule has 1 heterocycles. The van der Waals surface area contributed by atoms with Crippen LogP contribution in [0.3, 0.4) is 0 Å². The Balaban J connectivity index is 0.00000128. The molecule has 1 aromatic heterocycles. The van der Waals surface area contributed by atoms with Gasteiger partial charge in [-0.2, -0.15) is 4.98 Å². The lowest BCUT2D eigenvalue weighted by Gasteiger charge is -1.96. The molecule has 0 saturated carbocycles. The second kappa shape index (κ2) is 5.98. The highest BCUT2D eigenvalue weighted by Crippen LogP contribution is 2.25. The van der Waals surface area contributed by atoms with Gasteiger partial charge in [-0.05, 0) is 12.1 Å². The van der Waals surface area contributed by atoms with E-state index in [1.54, 1.807) is 0 Å². The molecule has 0 bridgehead atoms. The first-order chi connectivity index (χ1) is 7.31. The minimum absolute atomic E-state index is 0. The Bertz CT molecular complexity index is 461. The van der Waals surface area contributed by atoms with Gasteiger partial charge in [0.25, 0.3) is 0 Å². The molecule has 16 heavy (non-hydrogen) atoms. The van der Waals surface area contributed by atoms with Crippen molar-refractivity contribution >= 4 is 28.3 Å². The fourth-order valence-electron chi connectivity index (χ4n) is 1.23. The van der Waals surface area contributed by atoms with Gasteiger partial charge in [0.15, 0.2) is 0 Å². The van der Waals surface area contributed by atoms with Crippen molar-refractivity contribution in [3.8, 4) is 11.4 Å². The quantitative estimate of drug-likeness (QED) is 0.946. The fraction of sp³-hybridized carbons (Fsp3) is 0.200. The maximum atomic E-state index is 5.40. The SMILES string of the molecule is Cl.NCCc1nc(-c2ccccc2Br)no1. The first-order valence-corrected chi connectivity index (χ1v) is 5.38. The van der Waals surface area contributed by atoms with Crippen molar-refractivity contribution in [1.29, 1.82) is 0 Å². The number of rotatable bonds is 3. The smallest absolute Gasteiger partial charge is 0.228 e. The Hall–Kier alpha value is -0.910. The molecule has 0 unspecified atom stereocenters. The average Bonchev–Trinajstić information content (AvgIpc) is 2.68. The highest BCUT2D eigenvalue weighted by atomic mass is 79.9. The monoisotopic (exact) mass is 303 g/mol. The van der Waals surface area contributed by atoms with Crippen molar-refractivity contribution in [2.45, 2.75) is 6.42 Å². The summed E-state index contributed by atoms with van der Waals surface area (Å²) in [5.74, 6) is 1.16. The van der Waals surface area contributed by atoms with E-state index in [9.17, 15) is 0 Å². The third kappa shape index (κ3) is 2.81. The van der Waals surface area contributed by atoms with E-state index in [2.05, 4.69) is 26.1 Å². The van der Waals surface area contributed by atoms with Crippen molar-refractivity contribution < 1.29 is 4.52 Å². The van der Waals surface area contributed by atoms with Gasteiger partial charge in [0.1, 0.15) is 0 Å². The summed E-state index contributed by atoms with van der Waals surface area (Å²) in [6.45, 7) is 0.512. The molecule has 2 N–H and O–H groups in total. The van der Waals surface area contributed by atoms with Crippen molar-refractivity contribution in [3.63, 3.8) is 0 Å². The summed E-state index contributed by atoms with van der Waals surface area (Å²) in [7, 11) is 0. The Morgan fingerprint density at radius 2 is 2.06 bits per heavy atom. The number of benzene rings is 1. The highest BCUT2D eigenvalue weighted by molar-refractivity contribution is 9.10. The summed E-state index contributed by atoms with van der Waals surface area (Å²) in [6, 6.07) is 7.74. The van der Waals surface area contributed by atoms with Crippen molar-refractivity contribution in [2.75, 3.05) is 6.54 Å². The third-order valence-corrected chi connectivity index (χ3v) is 2.63. The summed E-state index contributed by atoms with van der Waals surface area (Å²) in [6.07, 6.45) is 0.609. The van der Waals surface area contributed by atoms with Crippen LogP contribution in [-0.2, 0) is 6.42 Å². The van der Waals surface area contributed by atoms with Crippen LogP contribution >= 0.6 is 28.3 Å². The summed E-state index contributed by atoms with van der Waals surface area (Å²) in [5.41, 5.74) is 6.32. The second-order valence-electron chi connectivity index (χ2n) is 3.03. The van der Waals surface area contributed by atoms with E-state index in [0.29, 0.717) is 24.7 Å². The molecule has 0 aliphatic heterocycles. The number of nitrogens with zero attached hydrogens (tertiary/aromatic N) is 2. The summed E-state index contributed by atoms with van der Waals surface area (Å²) in [4.78, 5) is 4.24. The zero-order valence-corrected chi connectivity index (χ0v) is 10.8. The van der Waals surface area contributed by atoms with E-state index in [-0.39, 0.29) is 12.4 Å². The summed E-state index contributed by atoms with van der Waals surface area (Å²) in [5, 5.41) is 3.89. The minimum atomic E-state index is 0. The van der Waals surface area contributed by atoms with Gasteiger partial charge in [0.2, 0.25) is 11.7 Å². The van der Waals surface area contributed by atoms with Crippen LogP contribution in [0.2, 0.25) is 0 Å². The van der Waals surface area contributed by atoms with Crippen LogP contribution < -0.4 is 5.73 Å². The van der Waals surface area contributed by atoms with E-state index in [4.69, 9.17) is 10.3 Å². The molecule has 1 aromatic carbocycles. The molecule has 0 atom stereocenters. The van der Waals surface area contributed by atoms with Crippen LogP contribution in [0.25, 0.3) is 11.4 Å². The van der Waals surface area contributed by atoms with Gasteiger partial charge in [-0.3, -0.25) is 0 Å². The summed E-state index contributed by atoms with van der Waals surface area (Å²) < 4.78 is 6.00. The van der Waals surface area contributed by atoms with Gasteiger partial charge in [0, 0.05) is 23.0 Å². The Morgan fingerprint density at radius 3 is 2.75 bits per heavy atom.